The highest BCUT2D eigenvalue weighted by Gasteiger charge is 2.44. The van der Waals surface area contributed by atoms with Gasteiger partial charge in [-0.05, 0) is 68.6 Å². The van der Waals surface area contributed by atoms with Crippen molar-refractivity contribution in [2.24, 2.45) is 17.8 Å². The Bertz CT molecular complexity index is 1160. The van der Waals surface area contributed by atoms with Crippen LogP contribution in [0.2, 0.25) is 5.02 Å². The van der Waals surface area contributed by atoms with Crippen molar-refractivity contribution in [1.82, 2.24) is 14.5 Å². The molecule has 4 N–H and O–H groups in total. The van der Waals surface area contributed by atoms with Gasteiger partial charge >= 0.3 is 0 Å². The number of amides is 1. The van der Waals surface area contributed by atoms with Crippen LogP contribution in [0.4, 0.5) is 15.9 Å². The first-order valence-electron chi connectivity index (χ1n) is 11.1. The molecule has 2 atom stereocenters. The van der Waals surface area contributed by atoms with E-state index in [0.717, 1.165) is 25.7 Å². The average molecular weight is 498 g/mol. The van der Waals surface area contributed by atoms with Gasteiger partial charge in [-0.3, -0.25) is 4.79 Å². The Balaban J connectivity index is 1.50. The maximum Gasteiger partial charge on any atom is 0.261 e. The number of halogens is 2. The van der Waals surface area contributed by atoms with Crippen molar-refractivity contribution in [3.8, 4) is 0 Å². The van der Waals surface area contributed by atoms with Crippen molar-refractivity contribution in [2.45, 2.75) is 45.1 Å². The summed E-state index contributed by atoms with van der Waals surface area (Å²) in [6.07, 6.45) is 4.89. The maximum absolute atomic E-state index is 13.5. The highest BCUT2D eigenvalue weighted by atomic mass is 35.5. The number of anilines is 2. The normalized spacial score (nSPS) is 24.7. The highest BCUT2D eigenvalue weighted by Crippen LogP contribution is 2.53. The van der Waals surface area contributed by atoms with Gasteiger partial charge in [0.25, 0.3) is 5.91 Å². The van der Waals surface area contributed by atoms with Gasteiger partial charge in [-0.1, -0.05) is 11.6 Å². The van der Waals surface area contributed by atoms with Crippen LogP contribution in [0.1, 0.15) is 54.6 Å². The SMILES string of the molecule is CCn1nc(C2CC3CC(CNS(C)(=O)=O)CC3C2)c(C(=O)Nc2ccc(F)c(Cl)c2)c1N. The molecule has 2 unspecified atom stereocenters. The topological polar surface area (TPSA) is 119 Å². The van der Waals surface area contributed by atoms with E-state index in [1.807, 2.05) is 6.92 Å². The van der Waals surface area contributed by atoms with Crippen LogP contribution in [0.25, 0.3) is 0 Å². The Kier molecular flexibility index (Phi) is 6.70. The molecule has 0 spiro atoms. The van der Waals surface area contributed by atoms with Crippen molar-refractivity contribution in [3.05, 3.63) is 40.3 Å². The van der Waals surface area contributed by atoms with Crippen molar-refractivity contribution in [3.63, 3.8) is 0 Å². The minimum absolute atomic E-state index is 0.0752. The standard InChI is InChI=1S/C22H29ClFN5O3S/c1-3-29-21(25)19(22(30)27-16-4-5-18(24)17(23)10-16)20(28-29)15-8-13-6-12(7-14(13)9-15)11-26-33(2,31)32/h4-5,10,12-15,26H,3,6-9,11,25H2,1-2H3,(H,27,30). The second-order valence-corrected chi connectivity index (χ2v) is 11.4. The van der Waals surface area contributed by atoms with E-state index in [-0.39, 0.29) is 10.9 Å². The maximum atomic E-state index is 13.5. The Hall–Kier alpha value is -2.17. The van der Waals surface area contributed by atoms with Crippen LogP contribution in [0.3, 0.4) is 0 Å². The number of rotatable bonds is 7. The minimum Gasteiger partial charge on any atom is -0.383 e. The van der Waals surface area contributed by atoms with Gasteiger partial charge in [-0.2, -0.15) is 5.10 Å². The Morgan fingerprint density at radius 1 is 1.27 bits per heavy atom. The molecule has 8 nitrogen and oxygen atoms in total. The molecule has 2 aliphatic rings. The number of aromatic nitrogens is 2. The molecule has 0 radical (unpaired) electrons. The van der Waals surface area contributed by atoms with E-state index >= 15 is 0 Å². The largest absolute Gasteiger partial charge is 0.383 e. The number of fused-ring (bicyclic) bond motifs is 1. The summed E-state index contributed by atoms with van der Waals surface area (Å²) in [4.78, 5) is 13.2. The summed E-state index contributed by atoms with van der Waals surface area (Å²) in [7, 11) is -3.19. The van der Waals surface area contributed by atoms with Gasteiger partial charge in [0.05, 0.1) is 17.0 Å². The molecule has 1 aromatic heterocycles. The third kappa shape index (κ3) is 5.17. The van der Waals surface area contributed by atoms with Crippen LogP contribution < -0.4 is 15.8 Å². The summed E-state index contributed by atoms with van der Waals surface area (Å²) < 4.78 is 40.5. The number of nitrogens with two attached hydrogens (primary N) is 1. The minimum atomic E-state index is -3.19. The van der Waals surface area contributed by atoms with E-state index in [9.17, 15) is 17.6 Å². The first kappa shape index (κ1) is 24.0. The fraction of sp³-hybridized carbons (Fsp3) is 0.545. The zero-order valence-electron chi connectivity index (χ0n) is 18.6. The number of aryl methyl sites for hydroxylation is 1. The van der Waals surface area contributed by atoms with Gasteiger partial charge in [0.1, 0.15) is 17.2 Å². The molecule has 11 heteroatoms. The number of nitrogens with zero attached hydrogens (tertiary/aromatic N) is 2. The van der Waals surface area contributed by atoms with Crippen LogP contribution >= 0.6 is 11.6 Å². The molecule has 0 aliphatic heterocycles. The van der Waals surface area contributed by atoms with Gasteiger partial charge < -0.3 is 11.1 Å². The van der Waals surface area contributed by atoms with Crippen molar-refractivity contribution < 1.29 is 17.6 Å². The predicted octanol–water partition coefficient (Wildman–Crippen LogP) is 3.60. The molecule has 180 valence electrons. The number of hydrogen-bond donors (Lipinski definition) is 3. The molecule has 2 aliphatic carbocycles. The van der Waals surface area contributed by atoms with Crippen molar-refractivity contribution in [1.29, 1.82) is 0 Å². The predicted molar refractivity (Wildman–Crippen MR) is 126 cm³/mol. The lowest BCUT2D eigenvalue weighted by molar-refractivity contribution is 0.102. The number of nitrogen functional groups attached to an aromatic ring is 1. The number of carbonyl (C=O) groups excluding carboxylic acids is 1. The molecular weight excluding hydrogens is 469 g/mol. The van der Waals surface area contributed by atoms with Crippen LogP contribution in [-0.4, -0.2) is 36.9 Å². The molecule has 1 amide bonds. The highest BCUT2D eigenvalue weighted by molar-refractivity contribution is 7.88. The van der Waals surface area contributed by atoms with Crippen molar-refractivity contribution >= 4 is 39.0 Å². The van der Waals surface area contributed by atoms with Gasteiger partial charge in [0, 0.05) is 24.7 Å². The summed E-state index contributed by atoms with van der Waals surface area (Å²) in [5.41, 5.74) is 7.73. The smallest absolute Gasteiger partial charge is 0.261 e. The zero-order valence-corrected chi connectivity index (χ0v) is 20.2. The molecular formula is C22H29ClFN5O3S. The molecule has 0 bridgehead atoms. The Morgan fingerprint density at radius 2 is 1.94 bits per heavy atom. The number of carbonyl (C=O) groups is 1. The monoisotopic (exact) mass is 497 g/mol. The van der Waals surface area contributed by atoms with Crippen LogP contribution in [0.5, 0.6) is 0 Å². The van der Waals surface area contributed by atoms with Gasteiger partial charge in [0.15, 0.2) is 0 Å². The molecule has 4 rings (SSSR count). The molecule has 2 aromatic rings. The molecule has 1 aromatic carbocycles. The second kappa shape index (κ2) is 9.23. The van der Waals surface area contributed by atoms with E-state index in [1.54, 1.807) is 4.68 Å². The second-order valence-electron chi connectivity index (χ2n) is 9.19. The third-order valence-electron chi connectivity index (χ3n) is 6.86. The molecule has 2 fully saturated rings. The quantitative estimate of drug-likeness (QED) is 0.540. The Labute approximate surface area is 198 Å². The number of sulfonamides is 1. The van der Waals surface area contributed by atoms with E-state index in [0.29, 0.717) is 53.6 Å². The van der Waals surface area contributed by atoms with E-state index < -0.39 is 21.7 Å². The number of hydrogen-bond acceptors (Lipinski definition) is 5. The van der Waals surface area contributed by atoms with Crippen LogP contribution in [0, 0.1) is 23.6 Å². The van der Waals surface area contributed by atoms with Gasteiger partial charge in [-0.15, -0.1) is 0 Å². The summed E-state index contributed by atoms with van der Waals surface area (Å²) in [6.45, 7) is 2.92. The van der Waals surface area contributed by atoms with Crippen LogP contribution in [-0.2, 0) is 16.6 Å². The first-order valence-corrected chi connectivity index (χ1v) is 13.4. The van der Waals surface area contributed by atoms with Gasteiger partial charge in [-0.25, -0.2) is 22.2 Å². The lowest BCUT2D eigenvalue weighted by Crippen LogP contribution is -2.27. The summed E-state index contributed by atoms with van der Waals surface area (Å²) in [5.74, 6) is 0.748. The zero-order chi connectivity index (χ0) is 23.9. The third-order valence-corrected chi connectivity index (χ3v) is 7.84. The summed E-state index contributed by atoms with van der Waals surface area (Å²) >= 11 is 5.84. The summed E-state index contributed by atoms with van der Waals surface area (Å²) in [6, 6.07) is 4.01. The molecule has 2 saturated carbocycles. The molecule has 33 heavy (non-hydrogen) atoms. The summed E-state index contributed by atoms with van der Waals surface area (Å²) in [5, 5.41) is 7.37. The average Bonchev–Trinajstić information content (AvgIpc) is 3.39. The number of nitrogens with one attached hydrogen (secondary N) is 2. The Morgan fingerprint density at radius 3 is 2.52 bits per heavy atom. The van der Waals surface area contributed by atoms with Gasteiger partial charge in [0.2, 0.25) is 10.0 Å². The molecule has 0 saturated heterocycles. The fourth-order valence-electron chi connectivity index (χ4n) is 5.42. The lowest BCUT2D eigenvalue weighted by Gasteiger charge is -2.15. The van der Waals surface area contributed by atoms with E-state index in [4.69, 9.17) is 17.3 Å². The first-order chi connectivity index (χ1) is 15.6. The van der Waals surface area contributed by atoms with Crippen LogP contribution in [0.15, 0.2) is 18.2 Å². The lowest BCUT2D eigenvalue weighted by atomic mass is 9.93. The molecule has 1 heterocycles. The van der Waals surface area contributed by atoms with E-state index in [2.05, 4.69) is 15.1 Å². The number of benzene rings is 1. The van der Waals surface area contributed by atoms with E-state index in [1.165, 1.54) is 24.5 Å². The fourth-order valence-corrected chi connectivity index (χ4v) is 6.14. The van der Waals surface area contributed by atoms with Crippen molar-refractivity contribution in [2.75, 3.05) is 23.9 Å².